The third-order valence-corrected chi connectivity index (χ3v) is 5.55. The van der Waals surface area contributed by atoms with E-state index in [0.29, 0.717) is 12.1 Å². The summed E-state index contributed by atoms with van der Waals surface area (Å²) in [5, 5.41) is 9.35. The zero-order valence-corrected chi connectivity index (χ0v) is 15.4. The topological polar surface area (TPSA) is 57.3 Å². The molecule has 0 bridgehead atoms. The van der Waals surface area contributed by atoms with Gasteiger partial charge in [0.15, 0.2) is 0 Å². The molecule has 3 aromatic rings. The number of amides is 1. The molecule has 1 aliphatic rings. The molecule has 0 unspecified atom stereocenters. The number of hydrogen-bond donors (Lipinski definition) is 2. The van der Waals surface area contributed by atoms with Gasteiger partial charge in [-0.05, 0) is 23.6 Å². The van der Waals surface area contributed by atoms with Gasteiger partial charge in [-0.15, -0.1) is 11.3 Å². The Balaban J connectivity index is 1.55. The molecule has 0 aliphatic carbocycles. The van der Waals surface area contributed by atoms with Gasteiger partial charge in [0.2, 0.25) is 0 Å². The summed E-state index contributed by atoms with van der Waals surface area (Å²) in [6.07, 6.45) is 0. The van der Waals surface area contributed by atoms with Gasteiger partial charge in [-0.3, -0.25) is 9.69 Å². The number of thiophene rings is 1. The molecule has 4 rings (SSSR count). The standard InChI is InChI=1S/C20H22N4OS/c25-20(22-9-12-24-10-7-21-8-11-24)16-14-18(19-6-3-13-26-19)23-17-5-2-1-4-15(16)17/h1-6,13-14,21H,7-12H2,(H,22,25). The second-order valence-corrected chi connectivity index (χ2v) is 7.34. The first-order valence-electron chi connectivity index (χ1n) is 8.96. The number of nitrogens with zero attached hydrogens (tertiary/aromatic N) is 2. The van der Waals surface area contributed by atoms with E-state index >= 15 is 0 Å². The minimum absolute atomic E-state index is 0.0310. The number of carbonyl (C=O) groups is 1. The first kappa shape index (κ1) is 17.1. The average Bonchev–Trinajstić information content (AvgIpc) is 3.23. The van der Waals surface area contributed by atoms with Crippen molar-refractivity contribution in [3.8, 4) is 10.6 Å². The van der Waals surface area contributed by atoms with Crippen LogP contribution in [0.4, 0.5) is 0 Å². The zero-order valence-electron chi connectivity index (χ0n) is 14.6. The number of rotatable bonds is 5. The second kappa shape index (κ2) is 7.95. The van der Waals surface area contributed by atoms with Crippen LogP contribution in [-0.2, 0) is 0 Å². The molecule has 1 saturated heterocycles. The summed E-state index contributed by atoms with van der Waals surface area (Å²) in [5.74, 6) is -0.0310. The van der Waals surface area contributed by atoms with E-state index in [9.17, 15) is 4.79 Å². The number of carbonyl (C=O) groups excluding carboxylic acids is 1. The smallest absolute Gasteiger partial charge is 0.252 e. The van der Waals surface area contributed by atoms with E-state index in [0.717, 1.165) is 54.2 Å². The second-order valence-electron chi connectivity index (χ2n) is 6.40. The van der Waals surface area contributed by atoms with Crippen molar-refractivity contribution in [2.24, 2.45) is 0 Å². The Morgan fingerprint density at radius 3 is 2.85 bits per heavy atom. The lowest BCUT2D eigenvalue weighted by molar-refractivity contribution is 0.0949. The predicted molar refractivity (Wildman–Crippen MR) is 107 cm³/mol. The third kappa shape index (κ3) is 3.77. The first-order valence-corrected chi connectivity index (χ1v) is 9.84. The largest absolute Gasteiger partial charge is 0.351 e. The van der Waals surface area contributed by atoms with Crippen molar-refractivity contribution in [3.63, 3.8) is 0 Å². The fourth-order valence-electron chi connectivity index (χ4n) is 3.27. The molecule has 1 aliphatic heterocycles. The molecule has 134 valence electrons. The monoisotopic (exact) mass is 366 g/mol. The number of benzene rings is 1. The molecule has 2 N–H and O–H groups in total. The summed E-state index contributed by atoms with van der Waals surface area (Å²) >= 11 is 1.63. The highest BCUT2D eigenvalue weighted by Gasteiger charge is 2.15. The Bertz CT molecular complexity index is 888. The van der Waals surface area contributed by atoms with Crippen LogP contribution in [-0.4, -0.2) is 55.1 Å². The maximum atomic E-state index is 12.9. The average molecular weight is 366 g/mol. The summed E-state index contributed by atoms with van der Waals surface area (Å²) in [6.45, 7) is 5.66. The predicted octanol–water partition coefficient (Wildman–Crippen LogP) is 2.60. The molecular formula is C20H22N4OS. The minimum atomic E-state index is -0.0310. The Morgan fingerprint density at radius 1 is 1.19 bits per heavy atom. The Hall–Kier alpha value is -2.28. The number of para-hydroxylation sites is 1. The van der Waals surface area contributed by atoms with E-state index in [2.05, 4.69) is 15.5 Å². The first-order chi connectivity index (χ1) is 12.8. The number of aromatic nitrogens is 1. The van der Waals surface area contributed by atoms with Crippen LogP contribution in [0.2, 0.25) is 0 Å². The molecule has 5 nitrogen and oxygen atoms in total. The number of pyridine rings is 1. The van der Waals surface area contributed by atoms with Crippen molar-refractivity contribution in [1.29, 1.82) is 0 Å². The van der Waals surface area contributed by atoms with Crippen molar-refractivity contribution in [2.45, 2.75) is 0 Å². The van der Waals surface area contributed by atoms with Crippen LogP contribution < -0.4 is 10.6 Å². The van der Waals surface area contributed by atoms with Gasteiger partial charge in [0.1, 0.15) is 0 Å². The van der Waals surface area contributed by atoms with Crippen LogP contribution in [0.3, 0.4) is 0 Å². The lowest BCUT2D eigenvalue weighted by Crippen LogP contribution is -2.46. The molecule has 3 heterocycles. The van der Waals surface area contributed by atoms with Gasteiger partial charge < -0.3 is 10.6 Å². The quantitative estimate of drug-likeness (QED) is 0.729. The van der Waals surface area contributed by atoms with Crippen LogP contribution in [0, 0.1) is 0 Å². The molecule has 0 saturated carbocycles. The molecule has 1 fully saturated rings. The Kier molecular flexibility index (Phi) is 5.24. The lowest BCUT2D eigenvalue weighted by Gasteiger charge is -2.27. The van der Waals surface area contributed by atoms with Gasteiger partial charge in [-0.2, -0.15) is 0 Å². The van der Waals surface area contributed by atoms with Gasteiger partial charge in [0.05, 0.1) is 21.7 Å². The van der Waals surface area contributed by atoms with E-state index in [1.165, 1.54) is 0 Å². The van der Waals surface area contributed by atoms with Gasteiger partial charge in [-0.1, -0.05) is 24.3 Å². The number of nitrogens with one attached hydrogen (secondary N) is 2. The van der Waals surface area contributed by atoms with E-state index in [-0.39, 0.29) is 5.91 Å². The Morgan fingerprint density at radius 2 is 2.04 bits per heavy atom. The summed E-state index contributed by atoms with van der Waals surface area (Å²) < 4.78 is 0. The fraction of sp³-hybridized carbons (Fsp3) is 0.300. The van der Waals surface area contributed by atoms with Crippen LogP contribution >= 0.6 is 11.3 Å². The normalized spacial score (nSPS) is 15.2. The zero-order chi connectivity index (χ0) is 17.8. The molecule has 2 aromatic heterocycles. The van der Waals surface area contributed by atoms with E-state index < -0.39 is 0 Å². The fourth-order valence-corrected chi connectivity index (χ4v) is 3.96. The van der Waals surface area contributed by atoms with Gasteiger partial charge in [0, 0.05) is 44.7 Å². The highest BCUT2D eigenvalue weighted by Crippen LogP contribution is 2.27. The van der Waals surface area contributed by atoms with Crippen molar-refractivity contribution in [3.05, 3.63) is 53.4 Å². The van der Waals surface area contributed by atoms with Gasteiger partial charge in [-0.25, -0.2) is 4.98 Å². The third-order valence-electron chi connectivity index (χ3n) is 4.66. The summed E-state index contributed by atoms with van der Waals surface area (Å²) in [7, 11) is 0. The molecule has 0 spiro atoms. The highest BCUT2D eigenvalue weighted by molar-refractivity contribution is 7.13. The molecule has 0 atom stereocenters. The van der Waals surface area contributed by atoms with Crippen LogP contribution in [0.1, 0.15) is 10.4 Å². The summed E-state index contributed by atoms with van der Waals surface area (Å²) in [5.41, 5.74) is 2.40. The van der Waals surface area contributed by atoms with Crippen molar-refractivity contribution in [1.82, 2.24) is 20.5 Å². The van der Waals surface area contributed by atoms with E-state index in [1.807, 2.05) is 47.8 Å². The minimum Gasteiger partial charge on any atom is -0.351 e. The molecule has 0 radical (unpaired) electrons. The number of piperazine rings is 1. The molecule has 1 amide bonds. The molecule has 1 aromatic carbocycles. The van der Waals surface area contributed by atoms with Crippen molar-refractivity contribution < 1.29 is 4.79 Å². The molecule has 6 heteroatoms. The highest BCUT2D eigenvalue weighted by atomic mass is 32.1. The molecular weight excluding hydrogens is 344 g/mol. The van der Waals surface area contributed by atoms with Gasteiger partial charge >= 0.3 is 0 Å². The van der Waals surface area contributed by atoms with Crippen LogP contribution in [0.25, 0.3) is 21.5 Å². The number of hydrogen-bond acceptors (Lipinski definition) is 5. The van der Waals surface area contributed by atoms with E-state index in [4.69, 9.17) is 4.98 Å². The SMILES string of the molecule is O=C(NCCN1CCNCC1)c1cc(-c2cccs2)nc2ccccc12. The van der Waals surface area contributed by atoms with Crippen molar-refractivity contribution >= 4 is 28.1 Å². The maximum absolute atomic E-state index is 12.9. The van der Waals surface area contributed by atoms with Crippen LogP contribution in [0.15, 0.2) is 47.8 Å². The lowest BCUT2D eigenvalue weighted by atomic mass is 10.1. The Labute approximate surface area is 157 Å². The maximum Gasteiger partial charge on any atom is 0.252 e. The van der Waals surface area contributed by atoms with Gasteiger partial charge in [0.25, 0.3) is 5.91 Å². The number of fused-ring (bicyclic) bond motifs is 1. The van der Waals surface area contributed by atoms with E-state index in [1.54, 1.807) is 11.3 Å². The van der Waals surface area contributed by atoms with Crippen LogP contribution in [0.5, 0.6) is 0 Å². The molecule has 26 heavy (non-hydrogen) atoms. The van der Waals surface area contributed by atoms with Crippen molar-refractivity contribution in [2.75, 3.05) is 39.3 Å². The summed E-state index contributed by atoms with van der Waals surface area (Å²) in [4.78, 5) is 21.0. The summed E-state index contributed by atoms with van der Waals surface area (Å²) in [6, 6.07) is 13.8.